The Bertz CT molecular complexity index is 1180. The topological polar surface area (TPSA) is 83.8 Å². The Hall–Kier alpha value is -2.68. The van der Waals surface area contributed by atoms with E-state index in [9.17, 15) is 39.9 Å². The molecule has 0 radical (unpaired) electrons. The molecule has 2 N–H and O–H groups in total. The summed E-state index contributed by atoms with van der Waals surface area (Å²) in [5.41, 5.74) is -6.53. The molecule has 0 unspecified atom stereocenters. The highest BCUT2D eigenvalue weighted by atomic mass is 35.5. The average molecular weight is 509 g/mol. The van der Waals surface area contributed by atoms with Gasteiger partial charge in [-0.05, 0) is 12.1 Å². The zero-order chi connectivity index (χ0) is 24.2. The molecule has 3 heterocycles. The van der Waals surface area contributed by atoms with E-state index >= 15 is 0 Å². The van der Waals surface area contributed by atoms with Gasteiger partial charge in [-0.2, -0.15) is 45.3 Å². The lowest BCUT2D eigenvalue weighted by molar-refractivity contribution is -0.292. The van der Waals surface area contributed by atoms with Gasteiger partial charge in [-0.1, -0.05) is 11.6 Å². The Morgan fingerprint density at radius 1 is 1.19 bits per heavy atom. The van der Waals surface area contributed by atoms with E-state index in [1.807, 2.05) is 0 Å². The third-order valence-electron chi connectivity index (χ3n) is 4.19. The van der Waals surface area contributed by atoms with Crippen molar-refractivity contribution in [1.82, 2.24) is 20.0 Å². The molecule has 3 aromatic rings. The van der Waals surface area contributed by atoms with Crippen LogP contribution in [0.25, 0.3) is 11.4 Å². The number of aromatic amines is 1. The third-order valence-corrected chi connectivity index (χ3v) is 5.55. The molecule has 6 nitrogen and oxygen atoms in total. The Labute approximate surface area is 181 Å². The van der Waals surface area contributed by atoms with Crippen LogP contribution in [0, 0.1) is 0 Å². The minimum absolute atomic E-state index is 0.0442. The highest BCUT2D eigenvalue weighted by molar-refractivity contribution is 7.16. The van der Waals surface area contributed by atoms with Crippen LogP contribution in [0.3, 0.4) is 0 Å². The zero-order valence-electron chi connectivity index (χ0n) is 15.4. The van der Waals surface area contributed by atoms with Gasteiger partial charge in [-0.25, -0.2) is 4.79 Å². The number of nitrogens with one attached hydrogen (secondary N) is 1. The molecular weight excluding hydrogens is 500 g/mol. The summed E-state index contributed by atoms with van der Waals surface area (Å²) in [6.07, 6.45) is -12.0. The van der Waals surface area contributed by atoms with Gasteiger partial charge in [-0.15, -0.1) is 11.3 Å². The van der Waals surface area contributed by atoms with E-state index in [0.29, 0.717) is 4.88 Å². The maximum absolute atomic E-state index is 13.8. The number of alkyl halides is 8. The third kappa shape index (κ3) is 4.18. The van der Waals surface area contributed by atoms with Gasteiger partial charge in [0.15, 0.2) is 5.69 Å². The number of carboxylic acids is 1. The summed E-state index contributed by atoms with van der Waals surface area (Å²) in [5.74, 6) is -7.17. The van der Waals surface area contributed by atoms with E-state index < -0.39 is 46.9 Å². The number of aromatic nitrogens is 4. The second kappa shape index (κ2) is 7.72. The van der Waals surface area contributed by atoms with Gasteiger partial charge >= 0.3 is 24.2 Å². The number of hydrogen-bond donors (Lipinski definition) is 2. The van der Waals surface area contributed by atoms with Gasteiger partial charge in [0.25, 0.3) is 0 Å². The van der Waals surface area contributed by atoms with E-state index in [-0.39, 0.29) is 26.7 Å². The van der Waals surface area contributed by atoms with Crippen LogP contribution >= 0.6 is 22.9 Å². The summed E-state index contributed by atoms with van der Waals surface area (Å²) in [7, 11) is 0.771. The van der Waals surface area contributed by atoms with E-state index in [2.05, 4.69) is 15.3 Å². The van der Waals surface area contributed by atoms with Crippen molar-refractivity contribution in [2.24, 2.45) is 7.05 Å². The summed E-state index contributed by atoms with van der Waals surface area (Å²) < 4.78 is 107. The highest BCUT2D eigenvalue weighted by Crippen LogP contribution is 2.50. The lowest BCUT2D eigenvalue weighted by Gasteiger charge is -2.19. The molecule has 3 aromatic heterocycles. The SMILES string of the molecule is Cn1nc(C(F)(F)C(F)(F)F)c(C(F)(F)F)c1-c1cc(Cc2cc(C(=O)O)c(Cl)s2)[nH]n1. The van der Waals surface area contributed by atoms with Crippen LogP contribution < -0.4 is 0 Å². The van der Waals surface area contributed by atoms with Crippen molar-refractivity contribution < 1.29 is 45.0 Å². The molecule has 0 fully saturated rings. The quantitative estimate of drug-likeness (QED) is 0.447. The molecule has 0 atom stereocenters. The van der Waals surface area contributed by atoms with Crippen LogP contribution in [0.4, 0.5) is 35.1 Å². The van der Waals surface area contributed by atoms with E-state index in [1.165, 1.54) is 6.07 Å². The molecule has 16 heteroatoms. The molecule has 0 bridgehead atoms. The second-order valence-corrected chi connectivity index (χ2v) is 8.16. The molecule has 3 rings (SSSR count). The van der Waals surface area contributed by atoms with Crippen LogP contribution in [-0.4, -0.2) is 37.2 Å². The van der Waals surface area contributed by atoms with Crippen LogP contribution in [-0.2, 0) is 25.6 Å². The Kier molecular flexibility index (Phi) is 5.78. The van der Waals surface area contributed by atoms with Gasteiger partial charge in [0.2, 0.25) is 0 Å². The van der Waals surface area contributed by atoms with Crippen molar-refractivity contribution in [1.29, 1.82) is 0 Å². The predicted octanol–water partition coefficient (Wildman–Crippen LogP) is 5.49. The molecule has 174 valence electrons. The van der Waals surface area contributed by atoms with Gasteiger partial charge in [-0.3, -0.25) is 9.78 Å². The average Bonchev–Trinajstić information content (AvgIpc) is 3.30. The first-order chi connectivity index (χ1) is 14.5. The van der Waals surface area contributed by atoms with Crippen molar-refractivity contribution >= 4 is 28.9 Å². The minimum atomic E-state index is -6.31. The smallest absolute Gasteiger partial charge is 0.459 e. The summed E-state index contributed by atoms with van der Waals surface area (Å²) in [5, 5.41) is 17.7. The molecule has 0 aromatic carbocycles. The van der Waals surface area contributed by atoms with Crippen LogP contribution in [0.2, 0.25) is 4.34 Å². The standard InChI is InChI=1S/C16H9ClF8N4O2S/c1-29-10(9(15(20,21)22)11(28-29)14(18,19)16(23,24)25)8-3-5(26-27-8)2-6-4-7(13(30)31)12(17)32-6/h3-4H,2H2,1H3,(H,26,27)(H,30,31). The highest BCUT2D eigenvalue weighted by Gasteiger charge is 2.64. The molecule has 0 amide bonds. The Morgan fingerprint density at radius 3 is 2.31 bits per heavy atom. The van der Waals surface area contributed by atoms with Crippen LogP contribution in [0.15, 0.2) is 12.1 Å². The van der Waals surface area contributed by atoms with Crippen molar-refractivity contribution in [2.45, 2.75) is 24.7 Å². The van der Waals surface area contributed by atoms with Crippen LogP contribution in [0.1, 0.15) is 32.2 Å². The van der Waals surface area contributed by atoms with Crippen LogP contribution in [0.5, 0.6) is 0 Å². The van der Waals surface area contributed by atoms with Gasteiger partial charge in [0.1, 0.15) is 21.3 Å². The number of halogens is 9. The number of hydrogen-bond acceptors (Lipinski definition) is 4. The number of rotatable bonds is 5. The molecule has 0 saturated heterocycles. The molecule has 0 aliphatic heterocycles. The molecule has 0 aliphatic rings. The number of nitrogens with zero attached hydrogens (tertiary/aromatic N) is 3. The van der Waals surface area contributed by atoms with E-state index in [1.54, 1.807) is 0 Å². The maximum Gasteiger partial charge on any atom is 0.459 e. The van der Waals surface area contributed by atoms with E-state index in [4.69, 9.17) is 16.7 Å². The second-order valence-electron chi connectivity index (χ2n) is 6.43. The summed E-state index contributed by atoms with van der Waals surface area (Å²) in [4.78, 5) is 11.4. The summed E-state index contributed by atoms with van der Waals surface area (Å²) in [6, 6.07) is 2.22. The molecule has 0 aliphatic carbocycles. The fourth-order valence-corrected chi connectivity index (χ4v) is 4.18. The summed E-state index contributed by atoms with van der Waals surface area (Å²) >= 11 is 6.67. The number of aromatic carboxylic acids is 1. The van der Waals surface area contributed by atoms with Gasteiger partial charge < -0.3 is 5.11 Å². The monoisotopic (exact) mass is 508 g/mol. The van der Waals surface area contributed by atoms with Crippen molar-refractivity contribution in [2.75, 3.05) is 0 Å². The Morgan fingerprint density at radius 2 is 1.81 bits per heavy atom. The van der Waals surface area contributed by atoms with Crippen molar-refractivity contribution in [3.63, 3.8) is 0 Å². The molecule has 0 saturated carbocycles. The van der Waals surface area contributed by atoms with Gasteiger partial charge in [0.05, 0.1) is 5.56 Å². The van der Waals surface area contributed by atoms with Crippen molar-refractivity contribution in [3.8, 4) is 11.4 Å². The maximum atomic E-state index is 13.8. The number of thiophene rings is 1. The fourth-order valence-electron chi connectivity index (χ4n) is 2.85. The number of carbonyl (C=O) groups is 1. The molecule has 32 heavy (non-hydrogen) atoms. The van der Waals surface area contributed by atoms with Crippen molar-refractivity contribution in [3.05, 3.63) is 43.9 Å². The molecule has 0 spiro atoms. The first kappa shape index (κ1) is 24.0. The molecular formula is C16H9ClF8N4O2S. The predicted molar refractivity (Wildman–Crippen MR) is 94.8 cm³/mol. The minimum Gasteiger partial charge on any atom is -0.478 e. The first-order valence-corrected chi connectivity index (χ1v) is 9.38. The Balaban J connectivity index is 2.07. The number of carboxylic acid groups (broad SMARTS) is 1. The zero-order valence-corrected chi connectivity index (χ0v) is 16.9. The lowest BCUT2D eigenvalue weighted by Crippen LogP contribution is -2.36. The van der Waals surface area contributed by atoms with E-state index in [0.717, 1.165) is 24.5 Å². The number of aryl methyl sites for hydroxylation is 1. The normalized spacial score (nSPS) is 13.1. The fraction of sp³-hybridized carbons (Fsp3) is 0.312. The first-order valence-electron chi connectivity index (χ1n) is 8.19. The number of H-pyrrole nitrogens is 1. The lowest BCUT2D eigenvalue weighted by atomic mass is 10.0. The largest absolute Gasteiger partial charge is 0.478 e. The van der Waals surface area contributed by atoms with Gasteiger partial charge in [0, 0.05) is 24.0 Å². The summed E-state index contributed by atoms with van der Waals surface area (Å²) in [6.45, 7) is 0.